The zero-order valence-electron chi connectivity index (χ0n) is 9.32. The Bertz CT molecular complexity index is 440. The molecule has 1 saturated heterocycles. The number of aromatic nitrogens is 2. The molecule has 0 bridgehead atoms. The molecule has 2 N–H and O–H groups in total. The minimum absolute atomic E-state index is 0.235. The first-order valence-corrected chi connectivity index (χ1v) is 5.74. The van der Waals surface area contributed by atoms with Crippen LogP contribution in [0.3, 0.4) is 0 Å². The van der Waals surface area contributed by atoms with Crippen molar-refractivity contribution in [3.8, 4) is 6.01 Å². The topological polar surface area (TPSA) is 84.3 Å². The number of halogens is 4. The molecule has 2 rings (SSSR count). The van der Waals surface area contributed by atoms with E-state index < -0.39 is 12.1 Å². The van der Waals surface area contributed by atoms with E-state index >= 15 is 0 Å². The van der Waals surface area contributed by atoms with E-state index in [2.05, 4.69) is 31.2 Å². The number of carboxylic acid groups (broad SMARTS) is 1. The number of carboxylic acids is 1. The van der Waals surface area contributed by atoms with Crippen LogP contribution in [0.2, 0.25) is 0 Å². The molecule has 0 aliphatic carbocycles. The molecule has 106 valence electrons. The van der Waals surface area contributed by atoms with Gasteiger partial charge in [0.05, 0.1) is 0 Å². The molecule has 1 aliphatic heterocycles. The number of nitrogens with zero attached hydrogens (tertiary/aromatic N) is 2. The normalized spacial score (nSPS) is 14.9. The second-order valence-corrected chi connectivity index (χ2v) is 4.18. The molecular weight excluding hydrogens is 335 g/mol. The van der Waals surface area contributed by atoms with Crippen molar-refractivity contribution in [2.75, 3.05) is 13.1 Å². The smallest absolute Gasteiger partial charge is 0.475 e. The third-order valence-corrected chi connectivity index (χ3v) is 2.30. The Hall–Kier alpha value is -1.42. The number of ether oxygens (including phenoxy) is 1. The zero-order chi connectivity index (χ0) is 14.5. The standard InChI is InChI=1S/C7H8BrN3O.C2HF3O2/c8-6-1-2-10-7(11-6)12-5-3-9-4-5;3-2(4,5)1(6)7/h1-2,5,9H,3-4H2;(H,6,7). The van der Waals surface area contributed by atoms with Crippen LogP contribution in [0.4, 0.5) is 13.2 Å². The highest BCUT2D eigenvalue weighted by Crippen LogP contribution is 2.13. The highest BCUT2D eigenvalue weighted by Gasteiger charge is 2.38. The Kier molecular flexibility index (Phi) is 5.48. The Morgan fingerprint density at radius 3 is 2.47 bits per heavy atom. The Balaban J connectivity index is 0.000000224. The van der Waals surface area contributed by atoms with Crippen molar-refractivity contribution >= 4 is 21.9 Å². The van der Waals surface area contributed by atoms with E-state index in [0.29, 0.717) is 6.01 Å². The molecule has 1 aliphatic rings. The highest BCUT2D eigenvalue weighted by molar-refractivity contribution is 9.10. The van der Waals surface area contributed by atoms with Crippen molar-refractivity contribution in [2.45, 2.75) is 12.3 Å². The highest BCUT2D eigenvalue weighted by atomic mass is 79.9. The maximum atomic E-state index is 10.6. The molecule has 2 heterocycles. The lowest BCUT2D eigenvalue weighted by molar-refractivity contribution is -0.192. The van der Waals surface area contributed by atoms with E-state index in [1.807, 2.05) is 0 Å². The summed E-state index contributed by atoms with van der Waals surface area (Å²) in [5.74, 6) is -2.76. The molecule has 1 aromatic rings. The van der Waals surface area contributed by atoms with Crippen LogP contribution in [0.25, 0.3) is 0 Å². The SMILES string of the molecule is Brc1ccnc(OC2CNC2)n1.O=C(O)C(F)(F)F. The molecule has 1 fully saturated rings. The average Bonchev–Trinajstić information content (AvgIpc) is 2.23. The maximum Gasteiger partial charge on any atom is 0.490 e. The third-order valence-electron chi connectivity index (χ3n) is 1.86. The summed E-state index contributed by atoms with van der Waals surface area (Å²) >= 11 is 3.25. The first kappa shape index (κ1) is 15.6. The van der Waals surface area contributed by atoms with Crippen molar-refractivity contribution in [3.63, 3.8) is 0 Å². The summed E-state index contributed by atoms with van der Waals surface area (Å²) < 4.78 is 37.9. The van der Waals surface area contributed by atoms with Gasteiger partial charge < -0.3 is 15.2 Å². The molecular formula is C9H9BrF3N3O3. The molecule has 0 radical (unpaired) electrons. The molecule has 0 saturated carbocycles. The van der Waals surface area contributed by atoms with Crippen molar-refractivity contribution in [2.24, 2.45) is 0 Å². The van der Waals surface area contributed by atoms with E-state index in [1.54, 1.807) is 12.3 Å². The largest absolute Gasteiger partial charge is 0.490 e. The first-order chi connectivity index (χ1) is 8.79. The van der Waals surface area contributed by atoms with Gasteiger partial charge in [-0.15, -0.1) is 0 Å². The lowest BCUT2D eigenvalue weighted by atomic mass is 10.2. The van der Waals surface area contributed by atoms with Gasteiger partial charge >= 0.3 is 18.2 Å². The van der Waals surface area contributed by atoms with Crippen LogP contribution in [0.1, 0.15) is 0 Å². The molecule has 0 atom stereocenters. The van der Waals surface area contributed by atoms with Crippen molar-refractivity contribution in [3.05, 3.63) is 16.9 Å². The maximum absolute atomic E-state index is 10.6. The zero-order valence-corrected chi connectivity index (χ0v) is 10.9. The van der Waals surface area contributed by atoms with Crippen molar-refractivity contribution < 1.29 is 27.8 Å². The van der Waals surface area contributed by atoms with Gasteiger partial charge in [0, 0.05) is 19.3 Å². The molecule has 0 amide bonds. The Labute approximate surface area is 114 Å². The summed E-state index contributed by atoms with van der Waals surface area (Å²) in [5, 5.41) is 10.2. The average molecular weight is 344 g/mol. The van der Waals surface area contributed by atoms with Gasteiger partial charge in [-0.05, 0) is 22.0 Å². The van der Waals surface area contributed by atoms with Crippen LogP contribution < -0.4 is 10.1 Å². The quantitative estimate of drug-likeness (QED) is 0.785. The van der Waals surface area contributed by atoms with E-state index in [0.717, 1.165) is 17.7 Å². The molecule has 1 aromatic heterocycles. The molecule has 0 spiro atoms. The third kappa shape index (κ3) is 5.83. The van der Waals surface area contributed by atoms with Gasteiger partial charge in [-0.1, -0.05) is 0 Å². The lowest BCUT2D eigenvalue weighted by Gasteiger charge is -2.26. The minimum Gasteiger partial charge on any atom is -0.475 e. The number of rotatable bonds is 2. The van der Waals surface area contributed by atoms with Crippen LogP contribution in [-0.4, -0.2) is 46.4 Å². The van der Waals surface area contributed by atoms with Crippen LogP contribution in [-0.2, 0) is 4.79 Å². The number of alkyl halides is 3. The fraction of sp³-hybridized carbons (Fsp3) is 0.444. The van der Waals surface area contributed by atoms with E-state index in [9.17, 15) is 13.2 Å². The molecule has 19 heavy (non-hydrogen) atoms. The van der Waals surface area contributed by atoms with Gasteiger partial charge in [0.2, 0.25) is 0 Å². The molecule has 6 nitrogen and oxygen atoms in total. The van der Waals surface area contributed by atoms with Gasteiger partial charge in [-0.2, -0.15) is 18.2 Å². The molecule has 10 heteroatoms. The minimum atomic E-state index is -5.08. The predicted octanol–water partition coefficient (Wildman–Crippen LogP) is 1.22. The second-order valence-electron chi connectivity index (χ2n) is 3.36. The number of hydrogen-bond donors (Lipinski definition) is 2. The lowest BCUT2D eigenvalue weighted by Crippen LogP contribution is -2.50. The van der Waals surface area contributed by atoms with Gasteiger partial charge in [-0.3, -0.25) is 0 Å². The monoisotopic (exact) mass is 343 g/mol. The first-order valence-electron chi connectivity index (χ1n) is 4.95. The molecule has 0 aromatic carbocycles. The summed E-state index contributed by atoms with van der Waals surface area (Å²) in [7, 11) is 0. The van der Waals surface area contributed by atoms with E-state index in [1.165, 1.54) is 0 Å². The number of nitrogens with one attached hydrogen (secondary N) is 1. The number of hydrogen-bond acceptors (Lipinski definition) is 5. The summed E-state index contributed by atoms with van der Waals surface area (Å²) in [6, 6.07) is 2.21. The van der Waals surface area contributed by atoms with Crippen LogP contribution in [0, 0.1) is 0 Å². The van der Waals surface area contributed by atoms with Gasteiger partial charge in [0.25, 0.3) is 0 Å². The van der Waals surface area contributed by atoms with Crippen LogP contribution >= 0.6 is 15.9 Å². The van der Waals surface area contributed by atoms with Gasteiger partial charge in [-0.25, -0.2) is 9.78 Å². The Morgan fingerprint density at radius 1 is 1.53 bits per heavy atom. The van der Waals surface area contributed by atoms with Crippen LogP contribution in [0.5, 0.6) is 6.01 Å². The fourth-order valence-corrected chi connectivity index (χ4v) is 1.14. The van der Waals surface area contributed by atoms with Gasteiger partial charge in [0.1, 0.15) is 10.7 Å². The van der Waals surface area contributed by atoms with E-state index in [4.69, 9.17) is 14.6 Å². The second kappa shape index (κ2) is 6.66. The number of carbonyl (C=O) groups is 1. The Morgan fingerprint density at radius 2 is 2.11 bits per heavy atom. The van der Waals surface area contributed by atoms with E-state index in [-0.39, 0.29) is 6.10 Å². The summed E-state index contributed by atoms with van der Waals surface area (Å²) in [6.45, 7) is 1.77. The summed E-state index contributed by atoms with van der Waals surface area (Å²) in [5.41, 5.74) is 0. The summed E-state index contributed by atoms with van der Waals surface area (Å²) in [4.78, 5) is 16.9. The fourth-order valence-electron chi connectivity index (χ4n) is 0.871. The van der Waals surface area contributed by atoms with Crippen molar-refractivity contribution in [1.82, 2.24) is 15.3 Å². The van der Waals surface area contributed by atoms with Crippen molar-refractivity contribution in [1.29, 1.82) is 0 Å². The molecule has 0 unspecified atom stereocenters. The van der Waals surface area contributed by atoms with Gasteiger partial charge in [0.15, 0.2) is 0 Å². The number of aliphatic carboxylic acids is 1. The predicted molar refractivity (Wildman–Crippen MR) is 60.7 cm³/mol. The summed E-state index contributed by atoms with van der Waals surface area (Å²) in [6.07, 6.45) is -3.18. The van der Waals surface area contributed by atoms with Crippen LogP contribution in [0.15, 0.2) is 16.9 Å².